The van der Waals surface area contributed by atoms with Gasteiger partial charge in [-0.3, -0.25) is 4.79 Å². The normalized spacial score (nSPS) is 32.8. The van der Waals surface area contributed by atoms with Gasteiger partial charge in [0.15, 0.2) is 5.82 Å². The summed E-state index contributed by atoms with van der Waals surface area (Å²) in [6, 6.07) is 1.98. The van der Waals surface area contributed by atoms with Crippen LogP contribution < -0.4 is 10.2 Å². The van der Waals surface area contributed by atoms with Gasteiger partial charge in [-0.2, -0.15) is 0 Å². The van der Waals surface area contributed by atoms with Gasteiger partial charge in [0.2, 0.25) is 5.91 Å². The number of hydrogen-bond donors (Lipinski definition) is 1. The molecule has 3 aliphatic rings. The number of hydrogen-bond acceptors (Lipinski definition) is 3. The molecule has 3 atom stereocenters. The van der Waals surface area contributed by atoms with Crippen LogP contribution in [0.15, 0.2) is 12.3 Å². The lowest BCUT2D eigenvalue weighted by Crippen LogP contribution is -2.47. The molecule has 3 heterocycles. The van der Waals surface area contributed by atoms with Crippen molar-refractivity contribution < 1.29 is 4.79 Å². The smallest absolute Gasteiger partial charge is 0.247 e. The number of nitrogens with one attached hydrogen (secondary N) is 1. The highest BCUT2D eigenvalue weighted by molar-refractivity contribution is 6.04. The molecule has 4 heteroatoms. The van der Waals surface area contributed by atoms with E-state index in [-0.39, 0.29) is 11.9 Å². The summed E-state index contributed by atoms with van der Waals surface area (Å²) in [7, 11) is 0. The molecule has 2 aliphatic heterocycles. The van der Waals surface area contributed by atoms with Crippen LogP contribution in [0.2, 0.25) is 0 Å². The molecule has 2 fully saturated rings. The van der Waals surface area contributed by atoms with Crippen LogP contribution in [-0.2, 0) is 4.79 Å². The Kier molecular flexibility index (Phi) is 1.99. The summed E-state index contributed by atoms with van der Waals surface area (Å²) in [5.41, 5.74) is 2.02. The fraction of sp³-hybridized carbons (Fsp3) is 0.571. The maximum absolute atomic E-state index is 12.4. The molecule has 0 radical (unpaired) electrons. The average molecular weight is 243 g/mol. The Bertz CT molecular complexity index is 528. The highest BCUT2D eigenvalue weighted by Crippen LogP contribution is 2.47. The van der Waals surface area contributed by atoms with Crippen LogP contribution in [-0.4, -0.2) is 23.5 Å². The summed E-state index contributed by atoms with van der Waals surface area (Å²) in [4.78, 5) is 19.1. The monoisotopic (exact) mass is 243 g/mol. The molecule has 94 valence electrons. The molecule has 1 amide bonds. The predicted molar refractivity (Wildman–Crippen MR) is 69.6 cm³/mol. The Labute approximate surface area is 106 Å². The van der Waals surface area contributed by atoms with E-state index in [0.29, 0.717) is 11.8 Å². The fourth-order valence-corrected chi connectivity index (χ4v) is 3.97. The highest BCUT2D eigenvalue weighted by Gasteiger charge is 2.50. The Morgan fingerprint density at radius 2 is 2.33 bits per heavy atom. The van der Waals surface area contributed by atoms with Crippen molar-refractivity contribution in [3.8, 4) is 0 Å². The molecule has 1 aromatic heterocycles. The second-order valence-electron chi connectivity index (χ2n) is 5.77. The second kappa shape index (κ2) is 3.46. The first-order valence-electron chi connectivity index (χ1n) is 6.79. The zero-order valence-corrected chi connectivity index (χ0v) is 10.5. The molecule has 1 aliphatic carbocycles. The molecular weight excluding hydrogens is 226 g/mol. The summed E-state index contributed by atoms with van der Waals surface area (Å²) in [6.45, 7) is 3.03. The highest BCUT2D eigenvalue weighted by atomic mass is 16.2. The molecule has 1 N–H and O–H groups in total. The number of anilines is 2. The number of carbonyl (C=O) groups is 1. The van der Waals surface area contributed by atoms with E-state index in [1.165, 1.54) is 19.3 Å². The summed E-state index contributed by atoms with van der Waals surface area (Å²) in [6.07, 6.45) is 5.59. The van der Waals surface area contributed by atoms with E-state index >= 15 is 0 Å². The van der Waals surface area contributed by atoms with Crippen molar-refractivity contribution in [2.24, 2.45) is 11.8 Å². The van der Waals surface area contributed by atoms with Crippen LogP contribution in [0.4, 0.5) is 11.5 Å². The Balaban J connectivity index is 1.83. The van der Waals surface area contributed by atoms with Gasteiger partial charge in [0.25, 0.3) is 0 Å². The van der Waals surface area contributed by atoms with Gasteiger partial charge in [0.05, 0.1) is 5.69 Å². The molecule has 1 saturated carbocycles. The van der Waals surface area contributed by atoms with Crippen LogP contribution in [0.1, 0.15) is 24.8 Å². The number of fused-ring (bicyclic) bond motifs is 5. The van der Waals surface area contributed by atoms with Crippen LogP contribution in [0.25, 0.3) is 0 Å². The minimum absolute atomic E-state index is 0.0271. The number of aromatic nitrogens is 1. The summed E-state index contributed by atoms with van der Waals surface area (Å²) < 4.78 is 0. The molecule has 3 unspecified atom stereocenters. The molecule has 4 rings (SSSR count). The number of amides is 1. The largest absolute Gasteiger partial charge is 0.342 e. The topological polar surface area (TPSA) is 45.2 Å². The Hall–Kier alpha value is -1.58. The van der Waals surface area contributed by atoms with Gasteiger partial charge in [-0.25, -0.2) is 4.98 Å². The maximum Gasteiger partial charge on any atom is 0.247 e. The van der Waals surface area contributed by atoms with Crippen LogP contribution >= 0.6 is 0 Å². The molecule has 1 saturated heterocycles. The molecule has 4 nitrogen and oxygen atoms in total. The van der Waals surface area contributed by atoms with Crippen molar-refractivity contribution in [3.63, 3.8) is 0 Å². The SMILES string of the molecule is Cc1ccnc2c1NC(=O)C1C3CCCC3CN21. The minimum atomic E-state index is 0.0271. The quantitative estimate of drug-likeness (QED) is 0.757. The van der Waals surface area contributed by atoms with E-state index in [1.807, 2.05) is 19.2 Å². The maximum atomic E-state index is 12.4. The lowest BCUT2D eigenvalue weighted by atomic mass is 9.93. The van der Waals surface area contributed by atoms with Crippen molar-refractivity contribution in [2.75, 3.05) is 16.8 Å². The van der Waals surface area contributed by atoms with E-state index in [9.17, 15) is 4.79 Å². The van der Waals surface area contributed by atoms with E-state index < -0.39 is 0 Å². The standard InChI is InChI=1S/C14H17N3O/c1-8-5-6-15-13-11(8)16-14(18)12-10-4-2-3-9(10)7-17(12)13/h5-6,9-10,12H,2-4,7H2,1H3,(H,16,18). The summed E-state index contributed by atoms with van der Waals surface area (Å²) in [5.74, 6) is 2.39. The van der Waals surface area contributed by atoms with Crippen molar-refractivity contribution in [1.29, 1.82) is 0 Å². The molecule has 18 heavy (non-hydrogen) atoms. The number of carbonyl (C=O) groups excluding carboxylic acids is 1. The zero-order chi connectivity index (χ0) is 12.3. The van der Waals surface area contributed by atoms with Crippen molar-refractivity contribution >= 4 is 17.4 Å². The fourth-order valence-electron chi connectivity index (χ4n) is 3.97. The van der Waals surface area contributed by atoms with Gasteiger partial charge in [0, 0.05) is 12.7 Å². The molecule has 0 aromatic carbocycles. The first-order valence-corrected chi connectivity index (χ1v) is 6.79. The predicted octanol–water partition coefficient (Wildman–Crippen LogP) is 1.95. The second-order valence-corrected chi connectivity index (χ2v) is 5.77. The average Bonchev–Trinajstić information content (AvgIpc) is 2.90. The van der Waals surface area contributed by atoms with Crippen LogP contribution in [0.3, 0.4) is 0 Å². The number of aryl methyl sites for hydroxylation is 1. The van der Waals surface area contributed by atoms with E-state index in [0.717, 1.165) is 23.6 Å². The van der Waals surface area contributed by atoms with E-state index in [2.05, 4.69) is 15.2 Å². The third kappa shape index (κ3) is 1.21. The van der Waals surface area contributed by atoms with Crippen molar-refractivity contribution in [3.05, 3.63) is 17.8 Å². The zero-order valence-electron chi connectivity index (χ0n) is 10.5. The lowest BCUT2D eigenvalue weighted by molar-refractivity contribution is -0.118. The van der Waals surface area contributed by atoms with Crippen molar-refractivity contribution in [1.82, 2.24) is 4.98 Å². The number of nitrogens with zero attached hydrogens (tertiary/aromatic N) is 2. The molecular formula is C14H17N3O. The first kappa shape index (κ1) is 10.4. The van der Waals surface area contributed by atoms with Gasteiger partial charge in [-0.15, -0.1) is 0 Å². The third-order valence-corrected chi connectivity index (χ3v) is 4.82. The molecule has 1 aromatic rings. The van der Waals surface area contributed by atoms with Crippen LogP contribution in [0, 0.1) is 18.8 Å². The van der Waals surface area contributed by atoms with Crippen LogP contribution in [0.5, 0.6) is 0 Å². The third-order valence-electron chi connectivity index (χ3n) is 4.82. The summed E-state index contributed by atoms with van der Waals surface area (Å²) in [5, 5.41) is 3.07. The number of pyridine rings is 1. The van der Waals surface area contributed by atoms with Gasteiger partial charge < -0.3 is 10.2 Å². The Morgan fingerprint density at radius 1 is 1.44 bits per heavy atom. The lowest BCUT2D eigenvalue weighted by Gasteiger charge is -2.34. The van der Waals surface area contributed by atoms with Gasteiger partial charge in [-0.05, 0) is 43.2 Å². The van der Waals surface area contributed by atoms with E-state index in [1.54, 1.807) is 0 Å². The van der Waals surface area contributed by atoms with Crippen molar-refractivity contribution in [2.45, 2.75) is 32.2 Å². The van der Waals surface area contributed by atoms with Gasteiger partial charge in [-0.1, -0.05) is 6.42 Å². The van der Waals surface area contributed by atoms with Gasteiger partial charge in [0.1, 0.15) is 6.04 Å². The number of rotatable bonds is 0. The molecule has 0 bridgehead atoms. The van der Waals surface area contributed by atoms with E-state index in [4.69, 9.17) is 0 Å². The minimum Gasteiger partial charge on any atom is -0.342 e. The molecule has 0 spiro atoms. The Morgan fingerprint density at radius 3 is 3.22 bits per heavy atom. The van der Waals surface area contributed by atoms with Gasteiger partial charge >= 0.3 is 0 Å². The first-order chi connectivity index (χ1) is 8.75. The summed E-state index contributed by atoms with van der Waals surface area (Å²) >= 11 is 0.